The van der Waals surface area contributed by atoms with E-state index in [1.165, 1.54) is 19.3 Å². The predicted octanol–water partition coefficient (Wildman–Crippen LogP) is 2.98. The number of anilines is 1. The van der Waals surface area contributed by atoms with E-state index in [-0.39, 0.29) is 0 Å². The zero-order valence-electron chi connectivity index (χ0n) is 12.1. The highest BCUT2D eigenvalue weighted by molar-refractivity contribution is 7.89. The van der Waals surface area contributed by atoms with Gasteiger partial charge in [-0.1, -0.05) is 26.2 Å². The van der Waals surface area contributed by atoms with Crippen LogP contribution in [0.5, 0.6) is 0 Å². The maximum atomic E-state index is 12.1. The first-order valence-corrected chi connectivity index (χ1v) is 8.94. The van der Waals surface area contributed by atoms with Crippen molar-refractivity contribution in [1.29, 1.82) is 0 Å². The predicted molar refractivity (Wildman–Crippen MR) is 82.4 cm³/mol. The van der Waals surface area contributed by atoms with Crippen molar-refractivity contribution < 1.29 is 8.42 Å². The van der Waals surface area contributed by atoms with E-state index < -0.39 is 10.0 Å². The van der Waals surface area contributed by atoms with E-state index in [9.17, 15) is 8.42 Å². The molecule has 112 valence electrons. The molecule has 0 atom stereocenters. The SMILES string of the molecule is CCCNc1ccc(S(=O)(=O)NCCC2CCC2)cc1. The van der Waals surface area contributed by atoms with Crippen LogP contribution in [0.4, 0.5) is 5.69 Å². The summed E-state index contributed by atoms with van der Waals surface area (Å²) in [6, 6.07) is 6.94. The minimum atomic E-state index is -3.36. The Morgan fingerprint density at radius 2 is 1.85 bits per heavy atom. The lowest BCUT2D eigenvalue weighted by atomic mass is 9.83. The molecule has 0 heterocycles. The molecule has 5 heteroatoms. The van der Waals surface area contributed by atoms with Crippen molar-refractivity contribution in [3.05, 3.63) is 24.3 Å². The second kappa shape index (κ2) is 7.09. The van der Waals surface area contributed by atoms with Crippen LogP contribution in [0, 0.1) is 5.92 Å². The minimum Gasteiger partial charge on any atom is -0.385 e. The second-order valence-electron chi connectivity index (χ2n) is 5.43. The average Bonchev–Trinajstić information content (AvgIpc) is 2.40. The Hall–Kier alpha value is -1.07. The molecule has 0 spiro atoms. The van der Waals surface area contributed by atoms with Gasteiger partial charge in [-0.05, 0) is 43.0 Å². The minimum absolute atomic E-state index is 0.341. The lowest BCUT2D eigenvalue weighted by Crippen LogP contribution is -2.27. The Morgan fingerprint density at radius 3 is 2.40 bits per heavy atom. The third-order valence-electron chi connectivity index (χ3n) is 3.81. The fourth-order valence-electron chi connectivity index (χ4n) is 2.28. The molecule has 0 radical (unpaired) electrons. The molecule has 0 saturated heterocycles. The van der Waals surface area contributed by atoms with Crippen LogP contribution < -0.4 is 10.0 Å². The molecule has 4 nitrogen and oxygen atoms in total. The second-order valence-corrected chi connectivity index (χ2v) is 7.20. The number of benzene rings is 1. The first kappa shape index (κ1) is 15.3. The summed E-state index contributed by atoms with van der Waals surface area (Å²) >= 11 is 0. The van der Waals surface area contributed by atoms with Gasteiger partial charge in [0.1, 0.15) is 0 Å². The molecule has 1 saturated carbocycles. The van der Waals surface area contributed by atoms with Crippen LogP contribution in [-0.4, -0.2) is 21.5 Å². The molecule has 0 amide bonds. The van der Waals surface area contributed by atoms with Crippen molar-refractivity contribution in [2.75, 3.05) is 18.4 Å². The normalized spacial score (nSPS) is 15.8. The Kier molecular flexibility index (Phi) is 5.43. The molecule has 0 bridgehead atoms. The molecule has 1 aromatic rings. The zero-order chi connectivity index (χ0) is 14.4. The summed E-state index contributed by atoms with van der Waals surface area (Å²) in [5, 5.41) is 3.23. The first-order chi connectivity index (χ1) is 9.62. The maximum absolute atomic E-state index is 12.1. The van der Waals surface area contributed by atoms with E-state index in [0.29, 0.717) is 11.4 Å². The van der Waals surface area contributed by atoms with Gasteiger partial charge in [-0.3, -0.25) is 0 Å². The summed E-state index contributed by atoms with van der Waals surface area (Å²) in [5.41, 5.74) is 0.959. The highest BCUT2D eigenvalue weighted by Crippen LogP contribution is 2.28. The van der Waals surface area contributed by atoms with Gasteiger partial charge in [0, 0.05) is 18.8 Å². The van der Waals surface area contributed by atoms with Gasteiger partial charge in [-0.15, -0.1) is 0 Å². The molecule has 20 heavy (non-hydrogen) atoms. The quantitative estimate of drug-likeness (QED) is 0.775. The van der Waals surface area contributed by atoms with Gasteiger partial charge in [-0.25, -0.2) is 13.1 Å². The first-order valence-electron chi connectivity index (χ1n) is 7.45. The number of hydrogen-bond acceptors (Lipinski definition) is 3. The molecule has 1 aromatic carbocycles. The topological polar surface area (TPSA) is 58.2 Å². The standard InChI is InChI=1S/C15H24N2O2S/c1-2-11-16-14-6-8-15(9-7-14)20(18,19)17-12-10-13-4-3-5-13/h6-9,13,16-17H,2-5,10-12H2,1H3. The van der Waals surface area contributed by atoms with E-state index >= 15 is 0 Å². The number of sulfonamides is 1. The summed E-state index contributed by atoms with van der Waals surface area (Å²) < 4.78 is 26.9. The maximum Gasteiger partial charge on any atom is 0.240 e. The van der Waals surface area contributed by atoms with Crippen LogP contribution in [0.1, 0.15) is 39.0 Å². The van der Waals surface area contributed by atoms with E-state index in [1.807, 2.05) is 12.1 Å². The lowest BCUT2D eigenvalue weighted by molar-refractivity contribution is 0.297. The Balaban J connectivity index is 1.87. The van der Waals surface area contributed by atoms with Crippen molar-refractivity contribution in [2.24, 2.45) is 5.92 Å². The molecule has 2 rings (SSSR count). The average molecular weight is 296 g/mol. The van der Waals surface area contributed by atoms with Gasteiger partial charge in [0.2, 0.25) is 10.0 Å². The van der Waals surface area contributed by atoms with Gasteiger partial charge < -0.3 is 5.32 Å². The van der Waals surface area contributed by atoms with Gasteiger partial charge in [-0.2, -0.15) is 0 Å². The zero-order valence-corrected chi connectivity index (χ0v) is 12.9. The Morgan fingerprint density at radius 1 is 1.15 bits per heavy atom. The van der Waals surface area contributed by atoms with E-state index in [2.05, 4.69) is 17.0 Å². The summed E-state index contributed by atoms with van der Waals surface area (Å²) in [6.45, 7) is 3.53. The van der Waals surface area contributed by atoms with Crippen LogP contribution in [0.2, 0.25) is 0 Å². The van der Waals surface area contributed by atoms with Crippen molar-refractivity contribution >= 4 is 15.7 Å². The molecule has 1 fully saturated rings. The molecule has 2 N–H and O–H groups in total. The molecule has 1 aliphatic rings. The highest BCUT2D eigenvalue weighted by atomic mass is 32.2. The van der Waals surface area contributed by atoms with Crippen molar-refractivity contribution in [3.63, 3.8) is 0 Å². The van der Waals surface area contributed by atoms with Crippen LogP contribution in [0.15, 0.2) is 29.2 Å². The summed E-state index contributed by atoms with van der Waals surface area (Å²) in [5.74, 6) is 0.721. The fraction of sp³-hybridized carbons (Fsp3) is 0.600. The fourth-order valence-corrected chi connectivity index (χ4v) is 3.33. The van der Waals surface area contributed by atoms with Gasteiger partial charge in [0.15, 0.2) is 0 Å². The van der Waals surface area contributed by atoms with Crippen LogP contribution in [0.25, 0.3) is 0 Å². The number of hydrogen-bond donors (Lipinski definition) is 2. The van der Waals surface area contributed by atoms with E-state index in [1.54, 1.807) is 12.1 Å². The van der Waals surface area contributed by atoms with Gasteiger partial charge >= 0.3 is 0 Å². The summed E-state index contributed by atoms with van der Waals surface area (Å²) in [7, 11) is -3.36. The van der Waals surface area contributed by atoms with Crippen molar-refractivity contribution in [1.82, 2.24) is 4.72 Å². The van der Waals surface area contributed by atoms with Crippen molar-refractivity contribution in [2.45, 2.75) is 43.9 Å². The van der Waals surface area contributed by atoms with Gasteiger partial charge in [0.05, 0.1) is 4.90 Å². The van der Waals surface area contributed by atoms with E-state index in [4.69, 9.17) is 0 Å². The molecule has 0 unspecified atom stereocenters. The van der Waals surface area contributed by atoms with Crippen LogP contribution in [0.3, 0.4) is 0 Å². The Labute approximate surface area is 122 Å². The molecule has 1 aliphatic carbocycles. The summed E-state index contributed by atoms with van der Waals surface area (Å²) in [4.78, 5) is 0.341. The smallest absolute Gasteiger partial charge is 0.240 e. The van der Waals surface area contributed by atoms with Crippen molar-refractivity contribution in [3.8, 4) is 0 Å². The molecule has 0 aliphatic heterocycles. The third-order valence-corrected chi connectivity index (χ3v) is 5.29. The van der Waals surface area contributed by atoms with E-state index in [0.717, 1.165) is 31.0 Å². The highest BCUT2D eigenvalue weighted by Gasteiger charge is 2.19. The van der Waals surface area contributed by atoms with Gasteiger partial charge in [0.25, 0.3) is 0 Å². The van der Waals surface area contributed by atoms with Crippen LogP contribution in [-0.2, 0) is 10.0 Å². The van der Waals surface area contributed by atoms with Crippen LogP contribution >= 0.6 is 0 Å². The largest absolute Gasteiger partial charge is 0.385 e. The Bertz CT molecular complexity index is 507. The number of nitrogens with one attached hydrogen (secondary N) is 2. The summed E-state index contributed by atoms with van der Waals surface area (Å²) in [6.07, 6.45) is 5.79. The number of rotatable bonds is 8. The molecule has 0 aromatic heterocycles. The monoisotopic (exact) mass is 296 g/mol. The lowest BCUT2D eigenvalue weighted by Gasteiger charge is -2.25. The molecular weight excluding hydrogens is 272 g/mol. The molecular formula is C15H24N2O2S. The third kappa shape index (κ3) is 4.21.